The molecule has 0 bridgehead atoms. The first-order chi connectivity index (χ1) is 12.3. The smallest absolute Gasteiger partial charge is 0.222 e. The van der Waals surface area contributed by atoms with Gasteiger partial charge in [-0.15, -0.1) is 11.6 Å². The van der Waals surface area contributed by atoms with Crippen LogP contribution in [0.5, 0.6) is 0 Å². The highest BCUT2D eigenvalue weighted by atomic mass is 35.5. The summed E-state index contributed by atoms with van der Waals surface area (Å²) in [4.78, 5) is 18.6. The Labute approximate surface area is 153 Å². The number of alkyl halides is 1. The van der Waals surface area contributed by atoms with Gasteiger partial charge >= 0.3 is 0 Å². The molecule has 1 saturated heterocycles. The third-order valence-electron chi connectivity index (χ3n) is 4.30. The molecule has 0 aliphatic carbocycles. The molecule has 3 rings (SSSR count). The van der Waals surface area contributed by atoms with E-state index in [0.717, 1.165) is 0 Å². The highest BCUT2D eigenvalue weighted by molar-refractivity contribution is 6.24. The van der Waals surface area contributed by atoms with Gasteiger partial charge in [-0.05, 0) is 6.92 Å². The molecular weight excluding hydrogens is 364 g/mol. The zero-order valence-corrected chi connectivity index (χ0v) is 14.9. The second-order valence-electron chi connectivity index (χ2n) is 6.18. The number of rotatable bonds is 4. The van der Waals surface area contributed by atoms with Crippen LogP contribution in [0.1, 0.15) is 25.6 Å². The van der Waals surface area contributed by atoms with E-state index in [2.05, 4.69) is 20.4 Å². The van der Waals surface area contributed by atoms with E-state index in [1.165, 1.54) is 19.5 Å². The van der Waals surface area contributed by atoms with Crippen molar-refractivity contribution in [3.63, 3.8) is 0 Å². The predicted octanol–water partition coefficient (Wildman–Crippen LogP) is -0.0696. The lowest BCUT2D eigenvalue weighted by Gasteiger charge is -2.26. The Morgan fingerprint density at radius 2 is 2.35 bits per heavy atom. The largest absolute Gasteiger partial charge is 0.394 e. The van der Waals surface area contributed by atoms with Crippen LogP contribution >= 0.6 is 11.6 Å². The molecule has 4 atom stereocenters. The number of fused-ring (bicyclic) bond motifs is 1. The van der Waals surface area contributed by atoms with Crippen LogP contribution in [0, 0.1) is 0 Å². The van der Waals surface area contributed by atoms with Gasteiger partial charge in [0.1, 0.15) is 34.9 Å². The van der Waals surface area contributed by atoms with Crippen molar-refractivity contribution in [1.82, 2.24) is 14.5 Å². The zero-order chi connectivity index (χ0) is 19.1. The number of hydrazone groups is 1. The molecule has 0 radical (unpaired) electrons. The maximum absolute atomic E-state index is 11.5. The fourth-order valence-electron chi connectivity index (χ4n) is 3.09. The van der Waals surface area contributed by atoms with Crippen molar-refractivity contribution < 1.29 is 19.7 Å². The molecule has 1 aliphatic rings. The first-order valence-electron chi connectivity index (χ1n) is 7.81. The molecule has 10 nitrogen and oxygen atoms in total. The van der Waals surface area contributed by atoms with E-state index in [1.54, 1.807) is 17.7 Å². The van der Waals surface area contributed by atoms with E-state index < -0.39 is 23.3 Å². The van der Waals surface area contributed by atoms with Gasteiger partial charge in [-0.2, -0.15) is 5.10 Å². The van der Waals surface area contributed by atoms with Gasteiger partial charge in [0.25, 0.3) is 0 Å². The third-order valence-corrected chi connectivity index (χ3v) is 4.71. The van der Waals surface area contributed by atoms with Gasteiger partial charge in [0.15, 0.2) is 6.23 Å². The van der Waals surface area contributed by atoms with E-state index in [4.69, 9.17) is 22.2 Å². The third kappa shape index (κ3) is 2.90. The summed E-state index contributed by atoms with van der Waals surface area (Å²) in [6.45, 7) is 2.58. The number of hydrogen-bond acceptors (Lipinski definition) is 8. The van der Waals surface area contributed by atoms with Gasteiger partial charge in [0.05, 0.1) is 18.2 Å². The number of aromatic nitrogens is 3. The number of nitrogens with two attached hydrogens (primary N) is 1. The number of carbonyl (C=O) groups is 1. The minimum Gasteiger partial charge on any atom is -0.394 e. The maximum atomic E-state index is 11.5. The zero-order valence-electron chi connectivity index (χ0n) is 14.1. The van der Waals surface area contributed by atoms with Crippen LogP contribution < -0.4 is 11.2 Å². The summed E-state index contributed by atoms with van der Waals surface area (Å²) >= 11 is 6.52. The second-order valence-corrected chi connectivity index (χ2v) is 6.99. The number of hydrogen-bond donors (Lipinski definition) is 4. The fourth-order valence-corrected chi connectivity index (χ4v) is 3.39. The van der Waals surface area contributed by atoms with E-state index in [1.807, 2.05) is 0 Å². The Bertz CT molecular complexity index is 867. The Morgan fingerprint density at radius 1 is 1.62 bits per heavy atom. The molecule has 140 valence electrons. The average molecular weight is 383 g/mol. The summed E-state index contributed by atoms with van der Waals surface area (Å²) < 4.78 is 7.35. The van der Waals surface area contributed by atoms with Crippen molar-refractivity contribution in [2.75, 3.05) is 11.9 Å². The quantitative estimate of drug-likeness (QED) is 0.250. The summed E-state index contributed by atoms with van der Waals surface area (Å²) in [5, 5.41) is 26.4. The summed E-state index contributed by atoms with van der Waals surface area (Å²) in [7, 11) is 0. The van der Waals surface area contributed by atoms with Crippen LogP contribution in [0.2, 0.25) is 0 Å². The SMILES string of the molecule is CC(=O)Nc1ncnc2c1c(/C=N/N)cn2[C@@H]1O[C@H](CO)[C@@H](O)[C@@]1(C)Cl. The molecule has 1 fully saturated rings. The average Bonchev–Trinajstić information content (AvgIpc) is 3.04. The molecule has 2 aromatic rings. The van der Waals surface area contributed by atoms with Crippen LogP contribution in [-0.4, -0.2) is 60.6 Å². The maximum Gasteiger partial charge on any atom is 0.222 e. The monoisotopic (exact) mass is 382 g/mol. The summed E-state index contributed by atoms with van der Waals surface area (Å²) in [5.41, 5.74) is 0.936. The lowest BCUT2D eigenvalue weighted by Crippen LogP contribution is -2.39. The normalized spacial score (nSPS) is 28.9. The van der Waals surface area contributed by atoms with Crippen LogP contribution in [0.25, 0.3) is 11.0 Å². The Morgan fingerprint density at radius 3 is 2.92 bits per heavy atom. The standard InChI is InChI=1S/C15H19ClN6O4/c1-7(24)21-12-10-8(3-20-17)4-22(13(10)19-6-18-12)14-15(2,16)11(25)9(5-23)26-14/h3-4,6,9,11,14,23,25H,5,17H2,1-2H3,(H,18,19,21,24)/b20-3+/t9-,11-,14-,15-/m1/s1. The number of aliphatic hydroxyl groups is 2. The molecule has 26 heavy (non-hydrogen) atoms. The summed E-state index contributed by atoms with van der Waals surface area (Å²) in [5.74, 6) is 5.27. The summed E-state index contributed by atoms with van der Waals surface area (Å²) in [6.07, 6.45) is 1.53. The van der Waals surface area contributed by atoms with Crippen molar-refractivity contribution in [3.05, 3.63) is 18.1 Å². The fraction of sp³-hybridized carbons (Fsp3) is 0.467. The first kappa shape index (κ1) is 18.5. The lowest BCUT2D eigenvalue weighted by molar-refractivity contribution is -0.114. The molecule has 1 aliphatic heterocycles. The van der Waals surface area contributed by atoms with Crippen LogP contribution in [0.4, 0.5) is 5.82 Å². The number of nitrogens with one attached hydrogen (secondary N) is 1. The van der Waals surface area contributed by atoms with Crippen molar-refractivity contribution in [1.29, 1.82) is 0 Å². The Balaban J connectivity index is 2.20. The van der Waals surface area contributed by atoms with Crippen molar-refractivity contribution in [3.8, 4) is 0 Å². The van der Waals surface area contributed by atoms with Crippen molar-refractivity contribution >= 4 is 40.6 Å². The summed E-state index contributed by atoms with van der Waals surface area (Å²) in [6, 6.07) is 0. The number of anilines is 1. The first-order valence-corrected chi connectivity index (χ1v) is 8.18. The lowest BCUT2D eigenvalue weighted by atomic mass is 10.0. The van der Waals surface area contributed by atoms with Gasteiger partial charge in [-0.1, -0.05) is 0 Å². The molecule has 2 aromatic heterocycles. The van der Waals surface area contributed by atoms with Crippen LogP contribution in [-0.2, 0) is 9.53 Å². The molecule has 0 spiro atoms. The molecule has 5 N–H and O–H groups in total. The number of amides is 1. The van der Waals surface area contributed by atoms with Gasteiger partial charge < -0.3 is 30.7 Å². The Hall–Kier alpha value is -2.27. The number of nitrogens with zero attached hydrogens (tertiary/aromatic N) is 4. The number of halogens is 1. The van der Waals surface area contributed by atoms with Gasteiger partial charge in [-0.3, -0.25) is 4.79 Å². The van der Waals surface area contributed by atoms with Gasteiger partial charge in [-0.25, -0.2) is 9.97 Å². The van der Waals surface area contributed by atoms with Crippen molar-refractivity contribution in [2.45, 2.75) is 37.2 Å². The van der Waals surface area contributed by atoms with E-state index >= 15 is 0 Å². The minimum absolute atomic E-state index is 0.282. The highest BCUT2D eigenvalue weighted by Crippen LogP contribution is 2.45. The molecule has 0 aromatic carbocycles. The van der Waals surface area contributed by atoms with Gasteiger partial charge in [0, 0.05) is 18.7 Å². The van der Waals surface area contributed by atoms with Crippen LogP contribution in [0.15, 0.2) is 17.6 Å². The molecule has 0 saturated carbocycles. The second kappa shape index (κ2) is 6.80. The number of carbonyl (C=O) groups excluding carboxylic acids is 1. The molecule has 11 heteroatoms. The minimum atomic E-state index is -1.23. The highest BCUT2D eigenvalue weighted by Gasteiger charge is 2.53. The number of ether oxygens (including phenoxy) is 1. The van der Waals surface area contributed by atoms with E-state index in [0.29, 0.717) is 16.6 Å². The number of aliphatic hydroxyl groups excluding tert-OH is 2. The van der Waals surface area contributed by atoms with Gasteiger partial charge in [0.2, 0.25) is 5.91 Å². The molecule has 1 amide bonds. The topological polar surface area (TPSA) is 148 Å². The molecular formula is C15H19ClN6O4. The predicted molar refractivity (Wildman–Crippen MR) is 94.9 cm³/mol. The molecule has 3 heterocycles. The van der Waals surface area contributed by atoms with Crippen LogP contribution in [0.3, 0.4) is 0 Å². The van der Waals surface area contributed by atoms with Crippen molar-refractivity contribution in [2.24, 2.45) is 10.9 Å². The molecule has 0 unspecified atom stereocenters. The van der Waals surface area contributed by atoms with E-state index in [9.17, 15) is 15.0 Å². The van der Waals surface area contributed by atoms with E-state index in [-0.39, 0.29) is 18.3 Å². The Kier molecular flexibility index (Phi) is 4.84.